The fourth-order valence-electron chi connectivity index (χ4n) is 2.26. The Hall–Kier alpha value is -1.03. The highest BCUT2D eigenvalue weighted by molar-refractivity contribution is 5.77. The molecule has 0 bridgehead atoms. The van der Waals surface area contributed by atoms with Gasteiger partial charge in [-0.15, -0.1) is 0 Å². The fourth-order valence-corrected chi connectivity index (χ4v) is 2.26. The second kappa shape index (κ2) is 8.14. The summed E-state index contributed by atoms with van der Waals surface area (Å²) < 4.78 is 0. The SMILES string of the molecule is C=C(C)CN=C(N)NCCCN1CCCCC1C. The number of hydrogen-bond donors (Lipinski definition) is 2. The molecule has 18 heavy (non-hydrogen) atoms. The first-order chi connectivity index (χ1) is 8.59. The molecule has 3 N–H and O–H groups in total. The average molecular weight is 252 g/mol. The molecule has 1 aliphatic rings. The molecule has 0 spiro atoms. The van der Waals surface area contributed by atoms with E-state index in [0.29, 0.717) is 12.5 Å². The minimum Gasteiger partial charge on any atom is -0.370 e. The second-order valence-electron chi connectivity index (χ2n) is 5.32. The van der Waals surface area contributed by atoms with Crippen LogP contribution in [-0.4, -0.2) is 43.1 Å². The Balaban J connectivity index is 2.10. The molecule has 1 atom stereocenters. The largest absolute Gasteiger partial charge is 0.370 e. The highest BCUT2D eigenvalue weighted by Gasteiger charge is 2.16. The summed E-state index contributed by atoms with van der Waals surface area (Å²) in [6.07, 6.45) is 5.19. The second-order valence-corrected chi connectivity index (χ2v) is 5.32. The molecular formula is C14H28N4. The fraction of sp³-hybridized carbons (Fsp3) is 0.786. The van der Waals surface area contributed by atoms with E-state index in [1.807, 2.05) is 6.92 Å². The zero-order chi connectivity index (χ0) is 13.4. The van der Waals surface area contributed by atoms with Gasteiger partial charge in [0.1, 0.15) is 0 Å². The molecule has 104 valence electrons. The lowest BCUT2D eigenvalue weighted by Gasteiger charge is -2.33. The van der Waals surface area contributed by atoms with E-state index in [0.717, 1.165) is 31.1 Å². The van der Waals surface area contributed by atoms with Gasteiger partial charge in [-0.2, -0.15) is 0 Å². The van der Waals surface area contributed by atoms with E-state index in [-0.39, 0.29) is 0 Å². The third-order valence-corrected chi connectivity index (χ3v) is 3.39. The number of aliphatic imine (C=N–C) groups is 1. The van der Waals surface area contributed by atoms with Gasteiger partial charge in [-0.05, 0) is 39.7 Å². The normalized spacial score (nSPS) is 21.9. The van der Waals surface area contributed by atoms with Crippen LogP contribution in [0.15, 0.2) is 17.1 Å². The van der Waals surface area contributed by atoms with Crippen LogP contribution < -0.4 is 11.1 Å². The smallest absolute Gasteiger partial charge is 0.188 e. The van der Waals surface area contributed by atoms with E-state index in [1.54, 1.807) is 0 Å². The summed E-state index contributed by atoms with van der Waals surface area (Å²) in [5, 5.41) is 3.15. The Morgan fingerprint density at radius 1 is 1.50 bits per heavy atom. The summed E-state index contributed by atoms with van der Waals surface area (Å²) >= 11 is 0. The minimum absolute atomic E-state index is 0.532. The molecule has 1 saturated heterocycles. The lowest BCUT2D eigenvalue weighted by atomic mass is 10.0. The van der Waals surface area contributed by atoms with Crippen molar-refractivity contribution in [1.29, 1.82) is 0 Å². The molecule has 0 radical (unpaired) electrons. The van der Waals surface area contributed by atoms with Crippen LogP contribution in [0.1, 0.15) is 39.5 Å². The summed E-state index contributed by atoms with van der Waals surface area (Å²) in [5.74, 6) is 0.532. The van der Waals surface area contributed by atoms with Gasteiger partial charge in [-0.25, -0.2) is 4.99 Å². The van der Waals surface area contributed by atoms with Crippen LogP contribution in [-0.2, 0) is 0 Å². The third kappa shape index (κ3) is 6.05. The Morgan fingerprint density at radius 3 is 2.94 bits per heavy atom. The van der Waals surface area contributed by atoms with Crippen molar-refractivity contribution in [2.24, 2.45) is 10.7 Å². The maximum atomic E-state index is 5.75. The Bertz CT molecular complexity index is 286. The molecule has 1 heterocycles. The topological polar surface area (TPSA) is 53.6 Å². The number of likely N-dealkylation sites (tertiary alicyclic amines) is 1. The zero-order valence-corrected chi connectivity index (χ0v) is 11.9. The highest BCUT2D eigenvalue weighted by Crippen LogP contribution is 2.15. The van der Waals surface area contributed by atoms with Gasteiger partial charge in [0.25, 0.3) is 0 Å². The first-order valence-corrected chi connectivity index (χ1v) is 7.02. The van der Waals surface area contributed by atoms with Crippen LogP contribution in [0.2, 0.25) is 0 Å². The first-order valence-electron chi connectivity index (χ1n) is 7.02. The lowest BCUT2D eigenvalue weighted by Crippen LogP contribution is -2.40. The van der Waals surface area contributed by atoms with Crippen LogP contribution in [0.4, 0.5) is 0 Å². The minimum atomic E-state index is 0.532. The Labute approximate surface area is 111 Å². The molecule has 1 aliphatic heterocycles. The molecule has 1 rings (SSSR count). The molecule has 1 unspecified atom stereocenters. The molecule has 0 saturated carbocycles. The predicted octanol–water partition coefficient (Wildman–Crippen LogP) is 1.73. The van der Waals surface area contributed by atoms with Crippen LogP contribution in [0.3, 0.4) is 0 Å². The van der Waals surface area contributed by atoms with E-state index in [2.05, 4.69) is 28.7 Å². The van der Waals surface area contributed by atoms with Gasteiger partial charge in [-0.3, -0.25) is 0 Å². The number of nitrogens with one attached hydrogen (secondary N) is 1. The van der Waals surface area contributed by atoms with Crippen molar-refractivity contribution in [1.82, 2.24) is 10.2 Å². The number of nitrogens with two attached hydrogens (primary N) is 1. The van der Waals surface area contributed by atoms with E-state index in [4.69, 9.17) is 5.73 Å². The van der Waals surface area contributed by atoms with Crippen molar-refractivity contribution in [3.8, 4) is 0 Å². The van der Waals surface area contributed by atoms with Crippen LogP contribution in [0.25, 0.3) is 0 Å². The molecule has 0 aromatic rings. The molecule has 4 heteroatoms. The lowest BCUT2D eigenvalue weighted by molar-refractivity contribution is 0.159. The van der Waals surface area contributed by atoms with Gasteiger partial charge in [0.05, 0.1) is 6.54 Å². The molecule has 4 nitrogen and oxygen atoms in total. The summed E-state index contributed by atoms with van der Waals surface area (Å²) in [6.45, 7) is 12.0. The van der Waals surface area contributed by atoms with Gasteiger partial charge >= 0.3 is 0 Å². The summed E-state index contributed by atoms with van der Waals surface area (Å²) in [6, 6.07) is 0.744. The molecule has 0 aromatic heterocycles. The summed E-state index contributed by atoms with van der Waals surface area (Å²) in [5.41, 5.74) is 6.78. The highest BCUT2D eigenvalue weighted by atomic mass is 15.2. The van der Waals surface area contributed by atoms with E-state index in [1.165, 1.54) is 25.8 Å². The van der Waals surface area contributed by atoms with Crippen molar-refractivity contribution >= 4 is 5.96 Å². The van der Waals surface area contributed by atoms with Crippen LogP contribution in [0.5, 0.6) is 0 Å². The number of nitrogens with zero attached hydrogens (tertiary/aromatic N) is 2. The van der Waals surface area contributed by atoms with E-state index >= 15 is 0 Å². The number of rotatable bonds is 6. The average Bonchev–Trinajstić information content (AvgIpc) is 2.34. The van der Waals surface area contributed by atoms with Crippen molar-refractivity contribution < 1.29 is 0 Å². The van der Waals surface area contributed by atoms with Crippen LogP contribution >= 0.6 is 0 Å². The molecule has 0 aliphatic carbocycles. The molecule has 0 amide bonds. The summed E-state index contributed by atoms with van der Waals surface area (Å²) in [4.78, 5) is 6.77. The van der Waals surface area contributed by atoms with Crippen LogP contribution in [0, 0.1) is 0 Å². The van der Waals surface area contributed by atoms with Gasteiger partial charge in [-0.1, -0.05) is 18.6 Å². The van der Waals surface area contributed by atoms with Gasteiger partial charge in [0.15, 0.2) is 5.96 Å². The quantitative estimate of drug-likeness (QED) is 0.328. The Kier molecular flexibility index (Phi) is 6.80. The number of piperidine rings is 1. The van der Waals surface area contributed by atoms with Gasteiger partial charge < -0.3 is 16.0 Å². The first kappa shape index (κ1) is 15.0. The van der Waals surface area contributed by atoms with Crippen molar-refractivity contribution in [3.05, 3.63) is 12.2 Å². The standard InChI is InChI=1S/C14H28N4/c1-12(2)11-17-14(15)16-8-6-10-18-9-5-4-7-13(18)3/h13H,1,4-11H2,2-3H3,(H3,15,16,17). The molecule has 0 aromatic carbocycles. The third-order valence-electron chi connectivity index (χ3n) is 3.39. The predicted molar refractivity (Wildman–Crippen MR) is 78.8 cm³/mol. The monoisotopic (exact) mass is 252 g/mol. The number of hydrogen-bond acceptors (Lipinski definition) is 2. The van der Waals surface area contributed by atoms with Crippen molar-refractivity contribution in [3.63, 3.8) is 0 Å². The molecular weight excluding hydrogens is 224 g/mol. The van der Waals surface area contributed by atoms with E-state index < -0.39 is 0 Å². The van der Waals surface area contributed by atoms with E-state index in [9.17, 15) is 0 Å². The zero-order valence-electron chi connectivity index (χ0n) is 11.9. The van der Waals surface area contributed by atoms with Crippen molar-refractivity contribution in [2.75, 3.05) is 26.2 Å². The van der Waals surface area contributed by atoms with Crippen molar-refractivity contribution in [2.45, 2.75) is 45.6 Å². The molecule has 1 fully saturated rings. The maximum Gasteiger partial charge on any atom is 0.188 e. The van der Waals surface area contributed by atoms with Gasteiger partial charge in [0, 0.05) is 19.1 Å². The number of guanidine groups is 1. The summed E-state index contributed by atoms with van der Waals surface area (Å²) in [7, 11) is 0. The van der Waals surface area contributed by atoms with Gasteiger partial charge in [0.2, 0.25) is 0 Å². The maximum absolute atomic E-state index is 5.75. The Morgan fingerprint density at radius 2 is 2.28 bits per heavy atom.